The molecule has 0 aromatic heterocycles. The molecule has 0 atom stereocenters. The van der Waals surface area contributed by atoms with Gasteiger partial charge in [0, 0.05) is 0 Å². The third-order valence-corrected chi connectivity index (χ3v) is 14.1. The molecule has 2 nitrogen and oxygen atoms in total. The van der Waals surface area contributed by atoms with Gasteiger partial charge in [0.2, 0.25) is 0 Å². The van der Waals surface area contributed by atoms with Crippen LogP contribution < -0.4 is 25.9 Å². The zero-order valence-corrected chi connectivity index (χ0v) is 14.7. The Kier molecular flexibility index (Phi) is 5.13. The molecular weight excluding hydrogens is 378 g/mol. The summed E-state index contributed by atoms with van der Waals surface area (Å²) >= 11 is 0.0289. The zero-order valence-electron chi connectivity index (χ0n) is 12.1. The SMILES string of the molecule is N[NH][Rh][PH](c1ccccc1)(c1ccccc1)c1ccccc1. The van der Waals surface area contributed by atoms with Gasteiger partial charge in [-0.3, -0.25) is 0 Å². The Balaban J connectivity index is 2.29. The first kappa shape index (κ1) is 15.5. The van der Waals surface area contributed by atoms with Gasteiger partial charge in [0.1, 0.15) is 0 Å². The van der Waals surface area contributed by atoms with Crippen LogP contribution in [0.4, 0.5) is 0 Å². The van der Waals surface area contributed by atoms with Crippen molar-refractivity contribution in [3.8, 4) is 0 Å². The van der Waals surface area contributed by atoms with Crippen molar-refractivity contribution in [1.29, 1.82) is 0 Å². The molecular formula is C18H19N2PRh. The molecule has 3 aromatic rings. The zero-order chi connectivity index (χ0) is 15.3. The third kappa shape index (κ3) is 2.91. The van der Waals surface area contributed by atoms with Gasteiger partial charge in [-0.05, 0) is 0 Å². The normalized spacial score (nSPS) is 12.2. The molecule has 115 valence electrons. The molecule has 0 fully saturated rings. The van der Waals surface area contributed by atoms with Crippen molar-refractivity contribution in [3.63, 3.8) is 0 Å². The summed E-state index contributed by atoms with van der Waals surface area (Å²) in [5.41, 5.74) is -2.09. The van der Waals surface area contributed by atoms with Crippen molar-refractivity contribution >= 4 is 21.5 Å². The molecule has 0 amide bonds. The third-order valence-electron chi connectivity index (χ3n) is 3.65. The summed E-state index contributed by atoms with van der Waals surface area (Å²) in [4.78, 5) is 0. The van der Waals surface area contributed by atoms with Crippen LogP contribution in [-0.4, -0.2) is 0 Å². The summed E-state index contributed by atoms with van der Waals surface area (Å²) < 4.78 is 3.04. The minimum atomic E-state index is -2.09. The summed E-state index contributed by atoms with van der Waals surface area (Å²) in [6, 6.07) is 32.4. The maximum atomic E-state index is 5.84. The quantitative estimate of drug-likeness (QED) is 0.300. The summed E-state index contributed by atoms with van der Waals surface area (Å²) in [6.45, 7) is 0. The van der Waals surface area contributed by atoms with E-state index in [-0.39, 0.29) is 16.9 Å². The van der Waals surface area contributed by atoms with E-state index in [1.54, 1.807) is 0 Å². The van der Waals surface area contributed by atoms with Crippen molar-refractivity contribution in [2.45, 2.75) is 0 Å². The predicted molar refractivity (Wildman–Crippen MR) is 93.9 cm³/mol. The number of hydrogen-bond acceptors (Lipinski definition) is 2. The molecule has 3 N–H and O–H groups in total. The number of benzene rings is 3. The van der Waals surface area contributed by atoms with Crippen molar-refractivity contribution in [2.75, 3.05) is 0 Å². The Morgan fingerprint density at radius 2 is 0.909 bits per heavy atom. The molecule has 0 aliphatic rings. The Morgan fingerprint density at radius 1 is 0.591 bits per heavy atom. The molecule has 0 aliphatic carbocycles. The minimum absolute atomic E-state index is 0.0289. The molecule has 3 aromatic carbocycles. The second-order valence-corrected chi connectivity index (χ2v) is 13.4. The molecule has 0 bridgehead atoms. The molecule has 0 saturated heterocycles. The van der Waals surface area contributed by atoms with Gasteiger partial charge in [-0.15, -0.1) is 0 Å². The molecule has 22 heavy (non-hydrogen) atoms. The van der Waals surface area contributed by atoms with Crippen LogP contribution in [0.1, 0.15) is 0 Å². The number of hydrogen-bond donors (Lipinski definition) is 2. The van der Waals surface area contributed by atoms with Crippen LogP contribution in [0.25, 0.3) is 0 Å². The summed E-state index contributed by atoms with van der Waals surface area (Å²) in [5, 5.41) is 4.19. The van der Waals surface area contributed by atoms with Gasteiger partial charge in [0.05, 0.1) is 0 Å². The topological polar surface area (TPSA) is 38.0 Å². The number of hydrazine groups is 1. The Bertz CT molecular complexity index is 608. The molecule has 0 radical (unpaired) electrons. The van der Waals surface area contributed by atoms with Gasteiger partial charge in [-0.25, -0.2) is 0 Å². The number of rotatable bonds is 5. The average Bonchev–Trinajstić information content (AvgIpc) is 2.62. The number of nitrogens with two attached hydrogens (primary N) is 1. The van der Waals surface area contributed by atoms with Crippen LogP contribution in [-0.2, 0) is 16.9 Å². The van der Waals surface area contributed by atoms with Crippen LogP contribution in [0, 0.1) is 0 Å². The second kappa shape index (κ2) is 7.26. The van der Waals surface area contributed by atoms with Crippen molar-refractivity contribution in [2.24, 2.45) is 5.84 Å². The fourth-order valence-corrected chi connectivity index (χ4v) is 11.7. The van der Waals surface area contributed by atoms with Crippen molar-refractivity contribution < 1.29 is 16.9 Å². The average molecular weight is 397 g/mol. The first-order valence-corrected chi connectivity index (χ1v) is 12.2. The fraction of sp³-hybridized carbons (Fsp3) is 0. The molecule has 0 unspecified atom stereocenters. The molecule has 3 rings (SSSR count). The Labute approximate surface area is 139 Å². The van der Waals surface area contributed by atoms with Crippen LogP contribution in [0.3, 0.4) is 0 Å². The molecule has 0 heterocycles. The first-order chi connectivity index (χ1) is 10.9. The standard InChI is InChI=1S/C18H15P.H3N2.Rh/c1-4-10-16(11-5-1)19(17-12-6-2-7-13-17)18-14-8-3-9-15-18;1-2;/h1-15H;1H,2H2;/q;-1;/p+1. The monoisotopic (exact) mass is 397 g/mol. The van der Waals surface area contributed by atoms with E-state index < -0.39 is 5.59 Å². The van der Waals surface area contributed by atoms with Gasteiger partial charge >= 0.3 is 139 Å². The van der Waals surface area contributed by atoms with E-state index in [2.05, 4.69) is 95.2 Å². The van der Waals surface area contributed by atoms with E-state index in [9.17, 15) is 0 Å². The van der Waals surface area contributed by atoms with E-state index in [0.717, 1.165) is 0 Å². The summed E-state index contributed by atoms with van der Waals surface area (Å²) in [7, 11) is 0. The summed E-state index contributed by atoms with van der Waals surface area (Å²) in [5.74, 6) is 5.84. The molecule has 4 heteroatoms. The van der Waals surface area contributed by atoms with E-state index in [4.69, 9.17) is 5.84 Å². The van der Waals surface area contributed by atoms with Gasteiger partial charge in [-0.2, -0.15) is 0 Å². The Morgan fingerprint density at radius 3 is 1.18 bits per heavy atom. The second-order valence-electron chi connectivity index (χ2n) is 4.90. The number of nitrogens with one attached hydrogen (secondary N) is 1. The van der Waals surface area contributed by atoms with Crippen LogP contribution in [0.2, 0.25) is 0 Å². The van der Waals surface area contributed by atoms with Crippen LogP contribution in [0.5, 0.6) is 0 Å². The van der Waals surface area contributed by atoms with E-state index in [1.165, 1.54) is 15.9 Å². The first-order valence-electron chi connectivity index (χ1n) is 7.10. The van der Waals surface area contributed by atoms with E-state index in [0.29, 0.717) is 0 Å². The van der Waals surface area contributed by atoms with Gasteiger partial charge in [0.25, 0.3) is 0 Å². The maximum absolute atomic E-state index is 5.84. The molecule has 0 aliphatic heterocycles. The van der Waals surface area contributed by atoms with Gasteiger partial charge < -0.3 is 0 Å². The summed E-state index contributed by atoms with van der Waals surface area (Å²) in [6.07, 6.45) is 0. The van der Waals surface area contributed by atoms with E-state index >= 15 is 0 Å². The predicted octanol–water partition coefficient (Wildman–Crippen LogP) is 2.09. The van der Waals surface area contributed by atoms with Gasteiger partial charge in [-0.1, -0.05) is 0 Å². The van der Waals surface area contributed by atoms with Crippen LogP contribution in [0.15, 0.2) is 91.0 Å². The Hall–Kier alpha value is -1.37. The van der Waals surface area contributed by atoms with Gasteiger partial charge in [0.15, 0.2) is 0 Å². The van der Waals surface area contributed by atoms with Crippen LogP contribution >= 0.6 is 5.59 Å². The van der Waals surface area contributed by atoms with E-state index in [1.807, 2.05) is 0 Å². The molecule has 0 spiro atoms. The fourth-order valence-electron chi connectivity index (χ4n) is 2.70. The van der Waals surface area contributed by atoms with Crippen molar-refractivity contribution in [1.82, 2.24) is 4.17 Å². The van der Waals surface area contributed by atoms with Crippen molar-refractivity contribution in [3.05, 3.63) is 91.0 Å². The molecule has 0 saturated carbocycles.